The second kappa shape index (κ2) is 34.4. The molecule has 0 aliphatic carbocycles. The minimum atomic E-state index is -4.67. The third kappa shape index (κ3) is 37.4. The standard InChI is InChI=1S/C40H74.H2O4S/c1-3-5-7-9-11-13-15-17-19-21-23-25-27-29-31-35-39-37-33-34-38-40(39)36-32-30-28-26-24-22-20-18-16-14-12-10-8-6-4-2;1-5(2,3)4/h33-34,37-38H,3-32,35-36H2,1-2H3;(H2,1,2,3,4). The van der Waals surface area contributed by atoms with Crippen LogP contribution in [0.1, 0.15) is 218 Å². The van der Waals surface area contributed by atoms with E-state index in [2.05, 4.69) is 38.1 Å². The van der Waals surface area contributed by atoms with Gasteiger partial charge in [0.15, 0.2) is 0 Å². The van der Waals surface area contributed by atoms with Crippen LogP contribution in [0.3, 0.4) is 0 Å². The Morgan fingerprint density at radius 1 is 0.378 bits per heavy atom. The summed E-state index contributed by atoms with van der Waals surface area (Å²) in [5.41, 5.74) is 3.28. The molecule has 0 radical (unpaired) electrons. The summed E-state index contributed by atoms with van der Waals surface area (Å²) < 4.78 is 31.6. The van der Waals surface area contributed by atoms with Crippen LogP contribution in [0.2, 0.25) is 0 Å². The van der Waals surface area contributed by atoms with Crippen LogP contribution in [0.25, 0.3) is 0 Å². The van der Waals surface area contributed by atoms with Crippen LogP contribution in [0.5, 0.6) is 0 Å². The van der Waals surface area contributed by atoms with Crippen molar-refractivity contribution in [2.75, 3.05) is 0 Å². The Balaban J connectivity index is 0.00000356. The van der Waals surface area contributed by atoms with Gasteiger partial charge in [0.2, 0.25) is 0 Å². The van der Waals surface area contributed by atoms with E-state index in [9.17, 15) is 0 Å². The minimum Gasteiger partial charge on any atom is -0.264 e. The number of benzene rings is 1. The third-order valence-corrected chi connectivity index (χ3v) is 9.22. The van der Waals surface area contributed by atoms with Crippen molar-refractivity contribution in [1.29, 1.82) is 0 Å². The molecule has 0 amide bonds. The first-order chi connectivity index (χ1) is 21.9. The Labute approximate surface area is 281 Å². The molecule has 1 rings (SSSR count). The maximum absolute atomic E-state index is 8.74. The highest BCUT2D eigenvalue weighted by Crippen LogP contribution is 2.19. The van der Waals surface area contributed by atoms with Gasteiger partial charge in [-0.05, 0) is 36.8 Å². The van der Waals surface area contributed by atoms with Gasteiger partial charge in [0.25, 0.3) is 0 Å². The summed E-state index contributed by atoms with van der Waals surface area (Å²) in [6.45, 7) is 4.61. The smallest absolute Gasteiger partial charge is 0.264 e. The first kappa shape index (κ1) is 44.1. The molecule has 266 valence electrons. The van der Waals surface area contributed by atoms with E-state index < -0.39 is 10.4 Å². The summed E-state index contributed by atoms with van der Waals surface area (Å²) in [6, 6.07) is 9.34. The number of unbranched alkanes of at least 4 members (excludes halogenated alkanes) is 28. The molecule has 0 saturated heterocycles. The molecule has 5 heteroatoms. The van der Waals surface area contributed by atoms with Crippen LogP contribution in [0.4, 0.5) is 0 Å². The molecular formula is C40H76O4S. The van der Waals surface area contributed by atoms with Crippen molar-refractivity contribution in [2.24, 2.45) is 0 Å². The van der Waals surface area contributed by atoms with E-state index in [0.717, 1.165) is 0 Å². The normalized spacial score (nSPS) is 11.5. The fourth-order valence-corrected chi connectivity index (χ4v) is 6.42. The van der Waals surface area contributed by atoms with E-state index in [-0.39, 0.29) is 0 Å². The fraction of sp³-hybridized carbons (Fsp3) is 0.850. The molecule has 2 N–H and O–H groups in total. The van der Waals surface area contributed by atoms with Crippen molar-refractivity contribution in [3.8, 4) is 0 Å². The lowest BCUT2D eigenvalue weighted by Crippen LogP contribution is -1.95. The minimum absolute atomic E-state index is 1.30. The molecule has 0 aliphatic heterocycles. The Morgan fingerprint density at radius 3 is 0.756 bits per heavy atom. The molecule has 0 aliphatic rings. The van der Waals surface area contributed by atoms with Crippen LogP contribution in [0.15, 0.2) is 24.3 Å². The maximum Gasteiger partial charge on any atom is 0.394 e. The fourth-order valence-electron chi connectivity index (χ4n) is 6.42. The van der Waals surface area contributed by atoms with Crippen LogP contribution in [-0.4, -0.2) is 17.5 Å². The highest BCUT2D eigenvalue weighted by Gasteiger charge is 2.03. The number of hydrogen-bond donors (Lipinski definition) is 2. The molecule has 0 fully saturated rings. The highest BCUT2D eigenvalue weighted by atomic mass is 32.3. The van der Waals surface area contributed by atoms with Crippen molar-refractivity contribution in [1.82, 2.24) is 0 Å². The molecule has 0 bridgehead atoms. The lowest BCUT2D eigenvalue weighted by molar-refractivity contribution is 0.381. The van der Waals surface area contributed by atoms with Gasteiger partial charge in [0.05, 0.1) is 0 Å². The van der Waals surface area contributed by atoms with Crippen molar-refractivity contribution in [3.63, 3.8) is 0 Å². The highest BCUT2D eigenvalue weighted by molar-refractivity contribution is 7.79. The van der Waals surface area contributed by atoms with Crippen molar-refractivity contribution >= 4 is 10.4 Å². The van der Waals surface area contributed by atoms with Gasteiger partial charge in [-0.15, -0.1) is 0 Å². The summed E-state index contributed by atoms with van der Waals surface area (Å²) in [6.07, 6.45) is 46.1. The van der Waals surface area contributed by atoms with Crippen molar-refractivity contribution in [3.05, 3.63) is 35.4 Å². The summed E-state index contributed by atoms with van der Waals surface area (Å²) in [5, 5.41) is 0. The monoisotopic (exact) mass is 653 g/mol. The zero-order chi connectivity index (χ0) is 33.1. The zero-order valence-electron chi connectivity index (χ0n) is 30.1. The van der Waals surface area contributed by atoms with Crippen LogP contribution in [0, 0.1) is 0 Å². The molecular weight excluding hydrogens is 577 g/mol. The van der Waals surface area contributed by atoms with Gasteiger partial charge in [0.1, 0.15) is 0 Å². The lowest BCUT2D eigenvalue weighted by atomic mass is 9.96. The van der Waals surface area contributed by atoms with E-state index >= 15 is 0 Å². The van der Waals surface area contributed by atoms with Gasteiger partial charge in [0, 0.05) is 0 Å². The molecule has 0 atom stereocenters. The Hall–Kier alpha value is -0.910. The van der Waals surface area contributed by atoms with Gasteiger partial charge < -0.3 is 0 Å². The van der Waals surface area contributed by atoms with Gasteiger partial charge in [-0.25, -0.2) is 0 Å². The van der Waals surface area contributed by atoms with E-state index in [4.69, 9.17) is 17.5 Å². The molecule has 0 saturated carbocycles. The molecule has 45 heavy (non-hydrogen) atoms. The Kier molecular flexibility index (Phi) is 33.7. The molecule has 1 aromatic rings. The summed E-state index contributed by atoms with van der Waals surface area (Å²) >= 11 is 0. The first-order valence-electron chi connectivity index (χ1n) is 19.6. The average Bonchev–Trinajstić information content (AvgIpc) is 3.01. The number of hydrogen-bond acceptors (Lipinski definition) is 2. The second-order valence-corrected chi connectivity index (χ2v) is 14.5. The van der Waals surface area contributed by atoms with Crippen LogP contribution >= 0.6 is 0 Å². The van der Waals surface area contributed by atoms with Crippen LogP contribution < -0.4 is 0 Å². The quantitative estimate of drug-likeness (QED) is 0.0600. The van der Waals surface area contributed by atoms with E-state index in [1.807, 2.05) is 0 Å². The topological polar surface area (TPSA) is 74.6 Å². The molecule has 0 aromatic heterocycles. The number of aryl methyl sites for hydroxylation is 2. The van der Waals surface area contributed by atoms with E-state index in [1.165, 1.54) is 205 Å². The predicted molar refractivity (Wildman–Crippen MR) is 198 cm³/mol. The van der Waals surface area contributed by atoms with Gasteiger partial charge in [-0.3, -0.25) is 9.11 Å². The summed E-state index contributed by atoms with van der Waals surface area (Å²) in [7, 11) is -4.67. The number of rotatable bonds is 32. The maximum atomic E-state index is 8.74. The van der Waals surface area contributed by atoms with E-state index in [0.29, 0.717) is 0 Å². The van der Waals surface area contributed by atoms with Crippen molar-refractivity contribution in [2.45, 2.75) is 219 Å². The SMILES string of the molecule is CCCCCCCCCCCCCCCCCc1ccccc1CCCCCCCCCCCCCCCCC.O=S(=O)(O)O. The van der Waals surface area contributed by atoms with Gasteiger partial charge >= 0.3 is 10.4 Å². The van der Waals surface area contributed by atoms with E-state index in [1.54, 1.807) is 11.1 Å². The van der Waals surface area contributed by atoms with Crippen LogP contribution in [-0.2, 0) is 23.2 Å². The molecule has 0 heterocycles. The molecule has 0 spiro atoms. The lowest BCUT2D eigenvalue weighted by Gasteiger charge is -2.10. The van der Waals surface area contributed by atoms with Gasteiger partial charge in [-0.2, -0.15) is 8.42 Å². The molecule has 4 nitrogen and oxygen atoms in total. The van der Waals surface area contributed by atoms with Gasteiger partial charge in [-0.1, -0.05) is 218 Å². The predicted octanol–water partition coefficient (Wildman–Crippen LogP) is 13.9. The Bertz CT molecular complexity index is 762. The second-order valence-electron chi connectivity index (χ2n) is 13.6. The van der Waals surface area contributed by atoms with Crippen molar-refractivity contribution < 1.29 is 17.5 Å². The molecule has 0 unspecified atom stereocenters. The largest absolute Gasteiger partial charge is 0.394 e. The zero-order valence-corrected chi connectivity index (χ0v) is 30.9. The molecule has 1 aromatic carbocycles. The third-order valence-electron chi connectivity index (χ3n) is 9.22. The summed E-state index contributed by atoms with van der Waals surface area (Å²) in [4.78, 5) is 0. The summed E-state index contributed by atoms with van der Waals surface area (Å²) in [5.74, 6) is 0. The average molecular weight is 653 g/mol. The Morgan fingerprint density at radius 2 is 0.556 bits per heavy atom. The first-order valence-corrected chi connectivity index (χ1v) is 21.0.